The molecule has 0 aliphatic heterocycles. The minimum Gasteiger partial charge on any atom is -0.374 e. The SMILES string of the molecule is CCS(=O)(=O)N(C)CCCNC(=NC)NCCCOC(C)c1ccccc1.I. The molecule has 0 aliphatic carbocycles. The van der Waals surface area contributed by atoms with E-state index in [1.54, 1.807) is 21.0 Å². The van der Waals surface area contributed by atoms with Gasteiger partial charge >= 0.3 is 0 Å². The number of nitrogens with one attached hydrogen (secondary N) is 2. The van der Waals surface area contributed by atoms with Gasteiger partial charge in [0.25, 0.3) is 0 Å². The van der Waals surface area contributed by atoms with E-state index < -0.39 is 10.0 Å². The number of ether oxygens (including phenoxy) is 1. The Kier molecular flexibility index (Phi) is 14.5. The van der Waals surface area contributed by atoms with E-state index in [1.165, 1.54) is 9.87 Å². The van der Waals surface area contributed by atoms with Crippen molar-refractivity contribution < 1.29 is 13.2 Å². The van der Waals surface area contributed by atoms with Gasteiger partial charge in [0.1, 0.15) is 0 Å². The molecule has 1 aromatic carbocycles. The van der Waals surface area contributed by atoms with Crippen molar-refractivity contribution in [1.82, 2.24) is 14.9 Å². The number of benzene rings is 1. The maximum absolute atomic E-state index is 11.7. The Morgan fingerprint density at radius 2 is 1.79 bits per heavy atom. The van der Waals surface area contributed by atoms with Crippen LogP contribution in [0.2, 0.25) is 0 Å². The first kappa shape index (κ1) is 27.1. The van der Waals surface area contributed by atoms with Crippen LogP contribution in [0.3, 0.4) is 0 Å². The summed E-state index contributed by atoms with van der Waals surface area (Å²) in [5.41, 5.74) is 1.18. The predicted octanol–water partition coefficient (Wildman–Crippen LogP) is 2.61. The predicted molar refractivity (Wildman–Crippen MR) is 127 cm³/mol. The van der Waals surface area contributed by atoms with Gasteiger partial charge in [-0.15, -0.1) is 24.0 Å². The Hall–Kier alpha value is -0.910. The smallest absolute Gasteiger partial charge is 0.213 e. The molecule has 0 spiro atoms. The molecule has 162 valence electrons. The molecule has 0 saturated heterocycles. The molecule has 0 aliphatic rings. The van der Waals surface area contributed by atoms with Crippen LogP contribution < -0.4 is 10.6 Å². The van der Waals surface area contributed by atoms with Crippen molar-refractivity contribution in [2.75, 3.05) is 46.1 Å². The minimum absolute atomic E-state index is 0. The van der Waals surface area contributed by atoms with Gasteiger partial charge in [0.05, 0.1) is 11.9 Å². The number of aliphatic imine (C=N–C) groups is 1. The highest BCUT2D eigenvalue weighted by atomic mass is 127. The van der Waals surface area contributed by atoms with Gasteiger partial charge in [-0.25, -0.2) is 12.7 Å². The highest BCUT2D eigenvalue weighted by molar-refractivity contribution is 14.0. The average molecular weight is 526 g/mol. The molecule has 7 nitrogen and oxygen atoms in total. The van der Waals surface area contributed by atoms with Crippen molar-refractivity contribution >= 4 is 40.0 Å². The number of nitrogens with zero attached hydrogens (tertiary/aromatic N) is 2. The van der Waals surface area contributed by atoms with Crippen molar-refractivity contribution in [1.29, 1.82) is 0 Å². The van der Waals surface area contributed by atoms with Crippen LogP contribution >= 0.6 is 24.0 Å². The Labute approximate surface area is 187 Å². The fourth-order valence-electron chi connectivity index (χ4n) is 2.45. The molecule has 28 heavy (non-hydrogen) atoms. The van der Waals surface area contributed by atoms with Crippen LogP contribution in [0.1, 0.15) is 38.4 Å². The van der Waals surface area contributed by atoms with Crippen molar-refractivity contribution in [2.24, 2.45) is 4.99 Å². The monoisotopic (exact) mass is 526 g/mol. The molecule has 1 atom stereocenters. The molecule has 0 saturated carbocycles. The molecule has 0 heterocycles. The number of rotatable bonds is 12. The lowest BCUT2D eigenvalue weighted by molar-refractivity contribution is 0.0646. The summed E-state index contributed by atoms with van der Waals surface area (Å²) >= 11 is 0. The normalized spacial score (nSPS) is 13.1. The van der Waals surface area contributed by atoms with Crippen LogP contribution in [0.25, 0.3) is 0 Å². The number of guanidine groups is 1. The molecular weight excluding hydrogens is 491 g/mol. The first-order valence-electron chi connectivity index (χ1n) is 9.45. The summed E-state index contributed by atoms with van der Waals surface area (Å²) in [7, 11) is 0.226. The lowest BCUT2D eigenvalue weighted by Crippen LogP contribution is -2.39. The fourth-order valence-corrected chi connectivity index (χ4v) is 3.30. The highest BCUT2D eigenvalue weighted by Crippen LogP contribution is 2.15. The lowest BCUT2D eigenvalue weighted by atomic mass is 10.1. The van der Waals surface area contributed by atoms with Crippen LogP contribution in [0, 0.1) is 0 Å². The number of sulfonamides is 1. The third kappa shape index (κ3) is 10.6. The maximum Gasteiger partial charge on any atom is 0.213 e. The summed E-state index contributed by atoms with van der Waals surface area (Å²) in [5, 5.41) is 6.44. The summed E-state index contributed by atoms with van der Waals surface area (Å²) in [5.74, 6) is 0.845. The Morgan fingerprint density at radius 1 is 1.18 bits per heavy atom. The first-order valence-corrected chi connectivity index (χ1v) is 11.1. The molecule has 9 heteroatoms. The third-order valence-corrected chi connectivity index (χ3v) is 6.12. The van der Waals surface area contributed by atoms with Crippen LogP contribution in [0.5, 0.6) is 0 Å². The summed E-state index contributed by atoms with van der Waals surface area (Å²) in [6, 6.07) is 10.2. The number of hydrogen-bond acceptors (Lipinski definition) is 4. The zero-order valence-corrected chi connectivity index (χ0v) is 20.5. The number of halogens is 1. The van der Waals surface area contributed by atoms with E-state index in [9.17, 15) is 8.42 Å². The fraction of sp³-hybridized carbons (Fsp3) is 0.632. The van der Waals surface area contributed by atoms with Crippen molar-refractivity contribution in [3.8, 4) is 0 Å². The summed E-state index contributed by atoms with van der Waals surface area (Å²) < 4.78 is 30.6. The largest absolute Gasteiger partial charge is 0.374 e. The molecule has 0 radical (unpaired) electrons. The van der Waals surface area contributed by atoms with E-state index in [0.29, 0.717) is 32.1 Å². The van der Waals surface area contributed by atoms with E-state index in [0.717, 1.165) is 13.0 Å². The van der Waals surface area contributed by atoms with Gasteiger partial charge in [0.2, 0.25) is 10.0 Å². The maximum atomic E-state index is 11.7. The third-order valence-electron chi connectivity index (χ3n) is 4.26. The quantitative estimate of drug-likeness (QED) is 0.189. The summed E-state index contributed by atoms with van der Waals surface area (Å²) in [6.45, 7) is 6.28. The summed E-state index contributed by atoms with van der Waals surface area (Å²) in [6.07, 6.45) is 1.67. The van der Waals surface area contributed by atoms with E-state index in [4.69, 9.17) is 4.74 Å². The van der Waals surface area contributed by atoms with Gasteiger partial charge in [-0.2, -0.15) is 0 Å². The van der Waals surface area contributed by atoms with E-state index in [1.807, 2.05) is 18.2 Å². The van der Waals surface area contributed by atoms with Crippen molar-refractivity contribution in [3.05, 3.63) is 35.9 Å². The van der Waals surface area contributed by atoms with Gasteiger partial charge in [0, 0.05) is 40.3 Å². The van der Waals surface area contributed by atoms with E-state index in [2.05, 4.69) is 34.7 Å². The topological polar surface area (TPSA) is 83.0 Å². The molecule has 0 bridgehead atoms. The van der Waals surface area contributed by atoms with Crippen LogP contribution in [-0.4, -0.2) is 64.8 Å². The zero-order chi connectivity index (χ0) is 20.1. The molecule has 1 unspecified atom stereocenters. The van der Waals surface area contributed by atoms with Gasteiger partial charge in [-0.05, 0) is 32.3 Å². The second-order valence-electron chi connectivity index (χ2n) is 6.28. The standard InChI is InChI=1S/C19H34N4O3S.HI/c1-5-27(24,25)23(4)15-9-13-21-19(20-3)22-14-10-16-26-17(2)18-11-7-6-8-12-18;/h6-8,11-12,17H,5,9-10,13-16H2,1-4H3,(H2,20,21,22);1H. The molecule has 1 rings (SSSR count). The van der Waals surface area contributed by atoms with E-state index >= 15 is 0 Å². The van der Waals surface area contributed by atoms with Crippen LogP contribution in [-0.2, 0) is 14.8 Å². The second-order valence-corrected chi connectivity index (χ2v) is 8.64. The molecular formula is C19H35IN4O3S. The lowest BCUT2D eigenvalue weighted by Gasteiger charge is -2.17. The number of hydrogen-bond donors (Lipinski definition) is 2. The second kappa shape index (κ2) is 15.0. The molecule has 0 fully saturated rings. The van der Waals surface area contributed by atoms with Crippen molar-refractivity contribution in [3.63, 3.8) is 0 Å². The van der Waals surface area contributed by atoms with Gasteiger partial charge < -0.3 is 15.4 Å². The minimum atomic E-state index is -3.11. The molecule has 0 aromatic heterocycles. The Balaban J connectivity index is 0.00000729. The molecule has 1 aromatic rings. The van der Waals surface area contributed by atoms with Crippen LogP contribution in [0.15, 0.2) is 35.3 Å². The Bertz CT molecular complexity index is 656. The zero-order valence-electron chi connectivity index (χ0n) is 17.3. The van der Waals surface area contributed by atoms with E-state index in [-0.39, 0.29) is 35.8 Å². The van der Waals surface area contributed by atoms with Gasteiger partial charge in [-0.3, -0.25) is 4.99 Å². The Morgan fingerprint density at radius 3 is 2.36 bits per heavy atom. The first-order chi connectivity index (χ1) is 12.9. The molecule has 0 amide bonds. The highest BCUT2D eigenvalue weighted by Gasteiger charge is 2.13. The molecule has 2 N–H and O–H groups in total. The van der Waals surface area contributed by atoms with Gasteiger partial charge in [0.15, 0.2) is 5.96 Å². The van der Waals surface area contributed by atoms with Crippen LogP contribution in [0.4, 0.5) is 0 Å². The summed E-state index contributed by atoms with van der Waals surface area (Å²) in [4.78, 5) is 4.17. The average Bonchev–Trinajstić information content (AvgIpc) is 2.69. The van der Waals surface area contributed by atoms with Crippen molar-refractivity contribution in [2.45, 2.75) is 32.8 Å². The van der Waals surface area contributed by atoms with Gasteiger partial charge in [-0.1, -0.05) is 30.3 Å².